The molecule has 14 heteroatoms. The second-order valence-electron chi connectivity index (χ2n) is 10.1. The van der Waals surface area contributed by atoms with Gasteiger partial charge < -0.3 is 9.47 Å². The lowest BCUT2D eigenvalue weighted by Gasteiger charge is -2.14. The van der Waals surface area contributed by atoms with Gasteiger partial charge in [-0.05, 0) is 49.6 Å². The molecular weight excluding hydrogens is 575 g/mol. The van der Waals surface area contributed by atoms with Gasteiger partial charge in [0, 0.05) is 27.9 Å². The predicted molar refractivity (Wildman–Crippen MR) is 146 cm³/mol. The molecule has 2 aliphatic rings. The number of carbonyl (C=O) groups is 1. The van der Waals surface area contributed by atoms with E-state index in [0.717, 1.165) is 58.1 Å². The number of carbonyl (C=O) groups excluding carboxylic acids is 1. The van der Waals surface area contributed by atoms with Gasteiger partial charge in [0.25, 0.3) is 0 Å². The molecule has 1 saturated carbocycles. The zero-order chi connectivity index (χ0) is 29.6. The zero-order valence-electron chi connectivity index (χ0n) is 22.3. The smallest absolute Gasteiger partial charge is 0.438 e. The third-order valence-electron chi connectivity index (χ3n) is 7.10. The number of hydrogen-bond donors (Lipinski definition) is 1. The Balaban J connectivity index is 1.23. The summed E-state index contributed by atoms with van der Waals surface area (Å²) in [5.41, 5.74) is 10.3. The van der Waals surface area contributed by atoms with Crippen LogP contribution in [-0.4, -0.2) is 61.8 Å². The van der Waals surface area contributed by atoms with Crippen molar-refractivity contribution >= 4 is 23.3 Å². The van der Waals surface area contributed by atoms with Crippen molar-refractivity contribution in [3.05, 3.63) is 82.7 Å². The molecule has 2 aromatic heterocycles. The Bertz CT molecular complexity index is 1680. The van der Waals surface area contributed by atoms with Crippen molar-refractivity contribution in [2.24, 2.45) is 10.7 Å². The number of rotatable bonds is 8. The van der Waals surface area contributed by atoms with E-state index in [2.05, 4.69) is 30.7 Å². The molecule has 2 aromatic carbocycles. The molecule has 0 radical (unpaired) electrons. The summed E-state index contributed by atoms with van der Waals surface area (Å²) in [4.78, 5) is 16.1. The number of halogens is 4. The fourth-order valence-corrected chi connectivity index (χ4v) is 5.01. The Kier molecular flexibility index (Phi) is 7.11. The molecule has 3 heterocycles. The summed E-state index contributed by atoms with van der Waals surface area (Å²) in [5, 5.41) is 13.9. The molecule has 1 atom stereocenters. The molecule has 4 aromatic rings. The molecule has 1 unspecified atom stereocenters. The maximum atomic E-state index is 12.3. The van der Waals surface area contributed by atoms with Gasteiger partial charge in [-0.15, -0.1) is 10.2 Å². The molecule has 1 fully saturated rings. The van der Waals surface area contributed by atoms with Gasteiger partial charge in [0.15, 0.2) is 12.1 Å². The summed E-state index contributed by atoms with van der Waals surface area (Å²) in [6, 6.07) is 13.7. The van der Waals surface area contributed by atoms with Crippen LogP contribution < -0.4 is 5.73 Å². The second kappa shape index (κ2) is 10.6. The molecule has 42 heavy (non-hydrogen) atoms. The molecule has 10 nitrogen and oxygen atoms in total. The Hall–Kier alpha value is -4.07. The summed E-state index contributed by atoms with van der Waals surface area (Å²) in [6.07, 6.45) is -1.33. The number of hydrogen-bond acceptors (Lipinski definition) is 8. The van der Waals surface area contributed by atoms with E-state index < -0.39 is 23.9 Å². The molecule has 1 spiro atoms. The van der Waals surface area contributed by atoms with E-state index in [1.165, 1.54) is 0 Å². The zero-order valence-corrected chi connectivity index (χ0v) is 23.1. The fourth-order valence-electron chi connectivity index (χ4n) is 4.89. The largest absolute Gasteiger partial charge is 0.490 e. The maximum Gasteiger partial charge on any atom is 0.490 e. The van der Waals surface area contributed by atoms with E-state index >= 15 is 0 Å². The minimum Gasteiger partial charge on any atom is -0.438 e. The monoisotopic (exact) mass is 599 g/mol. The first kappa shape index (κ1) is 28.1. The van der Waals surface area contributed by atoms with Crippen molar-refractivity contribution < 1.29 is 27.4 Å². The molecule has 0 amide bonds. The van der Waals surface area contributed by atoms with Gasteiger partial charge in [0.1, 0.15) is 11.4 Å². The lowest BCUT2D eigenvalue weighted by Crippen LogP contribution is -2.37. The van der Waals surface area contributed by atoms with Crippen LogP contribution in [0.25, 0.3) is 16.8 Å². The standard InChI is InChI=1S/C28H25ClF3N7O3/c1-16-36-37-25-27(8-9-27)35-24(17-2-5-20(29)6-3-17)21-12-18(4-7-22(21)39(16)25)19-13-34-38(14-19)10-11-41-15-23(33)42-26(40)28(30,31)32/h2-7,12-14,23H,8-11,15,33H2,1H3. The number of esters is 1. The van der Waals surface area contributed by atoms with Crippen LogP contribution in [0.5, 0.6) is 0 Å². The number of ether oxygens (including phenoxy) is 2. The van der Waals surface area contributed by atoms with Crippen LogP contribution >= 0.6 is 11.6 Å². The third-order valence-corrected chi connectivity index (χ3v) is 7.36. The van der Waals surface area contributed by atoms with E-state index in [-0.39, 0.29) is 13.2 Å². The van der Waals surface area contributed by atoms with E-state index in [4.69, 9.17) is 27.1 Å². The number of aromatic nitrogens is 5. The van der Waals surface area contributed by atoms with Crippen LogP contribution in [0.3, 0.4) is 0 Å². The van der Waals surface area contributed by atoms with Crippen LogP contribution in [0.2, 0.25) is 5.02 Å². The maximum absolute atomic E-state index is 12.3. The van der Waals surface area contributed by atoms with Crippen LogP contribution in [0.15, 0.2) is 59.9 Å². The minimum atomic E-state index is -5.11. The summed E-state index contributed by atoms with van der Waals surface area (Å²) in [6.45, 7) is 1.93. The number of alkyl halides is 3. The minimum absolute atomic E-state index is 0.0910. The summed E-state index contributed by atoms with van der Waals surface area (Å²) >= 11 is 6.19. The highest BCUT2D eigenvalue weighted by atomic mass is 35.5. The summed E-state index contributed by atoms with van der Waals surface area (Å²) in [7, 11) is 0. The molecule has 2 N–H and O–H groups in total. The highest BCUT2D eigenvalue weighted by Gasteiger charge is 2.51. The van der Waals surface area contributed by atoms with Gasteiger partial charge in [-0.25, -0.2) is 4.79 Å². The first-order valence-corrected chi connectivity index (χ1v) is 13.5. The van der Waals surface area contributed by atoms with Crippen LogP contribution in [0.4, 0.5) is 13.2 Å². The molecular formula is C28H25ClF3N7O3. The normalized spacial score (nSPS) is 15.9. The molecule has 1 aliphatic carbocycles. The lowest BCUT2D eigenvalue weighted by atomic mass is 9.96. The Morgan fingerprint density at radius 2 is 1.86 bits per heavy atom. The van der Waals surface area contributed by atoms with Crippen molar-refractivity contribution in [1.82, 2.24) is 24.5 Å². The first-order chi connectivity index (χ1) is 20.0. The molecule has 0 saturated heterocycles. The molecule has 0 bridgehead atoms. The van der Waals surface area contributed by atoms with Crippen molar-refractivity contribution in [3.63, 3.8) is 0 Å². The highest BCUT2D eigenvalue weighted by molar-refractivity contribution is 6.30. The van der Waals surface area contributed by atoms with Crippen LogP contribution in [0, 0.1) is 6.92 Å². The third kappa shape index (κ3) is 5.42. The average molecular weight is 600 g/mol. The number of aryl methyl sites for hydroxylation is 1. The van der Waals surface area contributed by atoms with Crippen molar-refractivity contribution in [3.8, 4) is 16.8 Å². The number of aliphatic imine (C=N–C) groups is 1. The van der Waals surface area contributed by atoms with E-state index in [9.17, 15) is 18.0 Å². The number of fused-ring (bicyclic) bond motifs is 4. The summed E-state index contributed by atoms with van der Waals surface area (Å²) < 4.78 is 50.0. The Morgan fingerprint density at radius 3 is 2.57 bits per heavy atom. The Labute approximate surface area is 242 Å². The van der Waals surface area contributed by atoms with Gasteiger partial charge in [-0.1, -0.05) is 29.8 Å². The SMILES string of the molecule is Cc1nnc2n1-c1ccc(-c3cnn(CCOCC(N)OC(=O)C(F)(F)F)c3)cc1C(c1ccc(Cl)cc1)=NC21CC1. The fraction of sp³-hybridized carbons (Fsp3) is 0.321. The topological polar surface area (TPSA) is 122 Å². The van der Waals surface area contributed by atoms with Gasteiger partial charge >= 0.3 is 12.1 Å². The van der Waals surface area contributed by atoms with Gasteiger partial charge in [-0.2, -0.15) is 18.3 Å². The van der Waals surface area contributed by atoms with E-state index in [1.807, 2.05) is 49.5 Å². The first-order valence-electron chi connectivity index (χ1n) is 13.1. The summed E-state index contributed by atoms with van der Waals surface area (Å²) in [5.74, 6) is -0.750. The second-order valence-corrected chi connectivity index (χ2v) is 10.6. The van der Waals surface area contributed by atoms with E-state index in [0.29, 0.717) is 11.6 Å². The number of benzene rings is 2. The lowest BCUT2D eigenvalue weighted by molar-refractivity contribution is -0.206. The highest BCUT2D eigenvalue weighted by Crippen LogP contribution is 2.51. The van der Waals surface area contributed by atoms with Crippen LogP contribution in [-0.2, 0) is 26.4 Å². The van der Waals surface area contributed by atoms with Gasteiger partial charge in [0.2, 0.25) is 0 Å². The van der Waals surface area contributed by atoms with Gasteiger partial charge in [0.05, 0.1) is 37.4 Å². The van der Waals surface area contributed by atoms with Crippen LogP contribution in [0.1, 0.15) is 35.6 Å². The van der Waals surface area contributed by atoms with E-state index in [1.54, 1.807) is 10.9 Å². The van der Waals surface area contributed by atoms with Gasteiger partial charge in [-0.3, -0.25) is 20.0 Å². The molecule has 6 rings (SSSR count). The predicted octanol–water partition coefficient (Wildman–Crippen LogP) is 4.34. The quantitative estimate of drug-likeness (QED) is 0.182. The van der Waals surface area contributed by atoms with Crippen molar-refractivity contribution in [2.75, 3.05) is 13.2 Å². The Morgan fingerprint density at radius 1 is 1.12 bits per heavy atom. The molecule has 218 valence electrons. The number of nitrogens with zero attached hydrogens (tertiary/aromatic N) is 6. The van der Waals surface area contributed by atoms with Crippen molar-refractivity contribution in [2.45, 2.75) is 44.3 Å². The number of nitrogens with two attached hydrogens (primary N) is 1. The van der Waals surface area contributed by atoms with Crippen molar-refractivity contribution in [1.29, 1.82) is 0 Å². The average Bonchev–Trinajstić information content (AvgIpc) is 3.42. The molecule has 1 aliphatic heterocycles.